The number of carbonyl (C=O) groups excluding carboxylic acids is 1. The van der Waals surface area contributed by atoms with Gasteiger partial charge in [0.2, 0.25) is 5.91 Å². The third-order valence-electron chi connectivity index (χ3n) is 8.17. The minimum absolute atomic E-state index is 0.00110. The summed E-state index contributed by atoms with van der Waals surface area (Å²) in [6, 6.07) is 10.3. The van der Waals surface area contributed by atoms with E-state index in [1.54, 1.807) is 32.4 Å². The van der Waals surface area contributed by atoms with Crippen LogP contribution in [0.2, 0.25) is 0 Å². The summed E-state index contributed by atoms with van der Waals surface area (Å²) in [5, 5.41) is 15.3. The standard InChI is InChI=1S/C28H33N3O5/c1-18-7-24(4-5-25(18)31(33)34)36-17-23-11-19(3-6-26(23)35-2)16-29-30-27(32)15-28-12-20-8-21(13-28)10-22(9-20)14-28/h3-7,11,16,20-22H,8-10,12-15,17H2,1-2H3,(H,30,32). The van der Waals surface area contributed by atoms with E-state index in [0.29, 0.717) is 23.5 Å². The second kappa shape index (κ2) is 9.91. The van der Waals surface area contributed by atoms with E-state index in [0.717, 1.165) is 28.9 Å². The molecule has 0 aliphatic heterocycles. The summed E-state index contributed by atoms with van der Waals surface area (Å²) >= 11 is 0. The van der Waals surface area contributed by atoms with Gasteiger partial charge in [0.1, 0.15) is 18.1 Å². The molecule has 0 heterocycles. The van der Waals surface area contributed by atoms with Crippen molar-refractivity contribution in [2.75, 3.05) is 7.11 Å². The smallest absolute Gasteiger partial charge is 0.272 e. The topological polar surface area (TPSA) is 103 Å². The zero-order valence-electron chi connectivity index (χ0n) is 20.9. The maximum atomic E-state index is 12.7. The quantitative estimate of drug-likeness (QED) is 0.281. The Bertz CT molecular complexity index is 1160. The largest absolute Gasteiger partial charge is 0.496 e. The van der Waals surface area contributed by atoms with Gasteiger partial charge in [-0.15, -0.1) is 0 Å². The predicted octanol–water partition coefficient (Wildman–Crippen LogP) is 5.55. The number of methoxy groups -OCH3 is 1. The minimum atomic E-state index is -0.410. The molecule has 36 heavy (non-hydrogen) atoms. The van der Waals surface area contributed by atoms with Gasteiger partial charge in [0.05, 0.1) is 18.2 Å². The first-order valence-electron chi connectivity index (χ1n) is 12.7. The third kappa shape index (κ3) is 5.22. The van der Waals surface area contributed by atoms with Gasteiger partial charge >= 0.3 is 0 Å². The number of nitro benzene ring substituents is 1. The number of aryl methyl sites for hydroxylation is 1. The zero-order valence-corrected chi connectivity index (χ0v) is 20.9. The molecule has 4 aliphatic carbocycles. The van der Waals surface area contributed by atoms with E-state index in [1.165, 1.54) is 44.6 Å². The Hall–Kier alpha value is -3.42. The molecule has 4 fully saturated rings. The zero-order chi connectivity index (χ0) is 25.3. The number of ether oxygens (including phenoxy) is 2. The number of hydrazone groups is 1. The van der Waals surface area contributed by atoms with Gasteiger partial charge in [0.25, 0.3) is 5.69 Å². The van der Waals surface area contributed by atoms with Crippen molar-refractivity contribution in [1.82, 2.24) is 5.43 Å². The molecule has 1 amide bonds. The number of carbonyl (C=O) groups is 1. The molecular weight excluding hydrogens is 458 g/mol. The molecule has 8 heteroatoms. The van der Waals surface area contributed by atoms with E-state index in [2.05, 4.69) is 10.5 Å². The number of benzene rings is 2. The molecule has 8 nitrogen and oxygen atoms in total. The molecule has 0 aromatic heterocycles. The number of amides is 1. The second-order valence-corrected chi connectivity index (χ2v) is 11.0. The van der Waals surface area contributed by atoms with E-state index in [4.69, 9.17) is 9.47 Å². The maximum absolute atomic E-state index is 12.7. The first kappa shape index (κ1) is 24.3. The summed E-state index contributed by atoms with van der Waals surface area (Å²) in [6.07, 6.45) is 9.91. The van der Waals surface area contributed by atoms with Crippen molar-refractivity contribution in [3.8, 4) is 11.5 Å². The lowest BCUT2D eigenvalue weighted by molar-refractivity contribution is -0.385. The van der Waals surface area contributed by atoms with Gasteiger partial charge in [-0.3, -0.25) is 14.9 Å². The van der Waals surface area contributed by atoms with Gasteiger partial charge in [-0.05, 0) is 105 Å². The Morgan fingerprint density at radius 2 is 1.83 bits per heavy atom. The fourth-order valence-electron chi connectivity index (χ4n) is 7.14. The summed E-state index contributed by atoms with van der Waals surface area (Å²) in [6.45, 7) is 1.90. The molecular formula is C28H33N3O5. The highest BCUT2D eigenvalue weighted by molar-refractivity contribution is 5.83. The van der Waals surface area contributed by atoms with Crippen LogP contribution in [-0.4, -0.2) is 24.2 Å². The number of hydrogen-bond acceptors (Lipinski definition) is 6. The molecule has 4 aliphatic rings. The Morgan fingerprint density at radius 1 is 1.14 bits per heavy atom. The van der Waals surface area contributed by atoms with Gasteiger partial charge < -0.3 is 9.47 Å². The first-order valence-corrected chi connectivity index (χ1v) is 12.7. The molecule has 2 aromatic carbocycles. The molecule has 4 saturated carbocycles. The Labute approximate surface area is 211 Å². The lowest BCUT2D eigenvalue weighted by atomic mass is 9.49. The van der Waals surface area contributed by atoms with Gasteiger partial charge in [0, 0.05) is 23.6 Å². The average Bonchev–Trinajstić information content (AvgIpc) is 2.81. The summed E-state index contributed by atoms with van der Waals surface area (Å²) in [5.41, 5.74) is 5.14. The lowest BCUT2D eigenvalue weighted by Crippen LogP contribution is -2.47. The van der Waals surface area contributed by atoms with Crippen LogP contribution in [0.3, 0.4) is 0 Å². The van der Waals surface area contributed by atoms with Crippen LogP contribution in [0.25, 0.3) is 0 Å². The Balaban J connectivity index is 1.19. The Kier molecular flexibility index (Phi) is 6.69. The van der Waals surface area contributed by atoms with Gasteiger partial charge in [-0.1, -0.05) is 0 Å². The monoisotopic (exact) mass is 491 g/mol. The van der Waals surface area contributed by atoms with Crippen LogP contribution in [0.15, 0.2) is 41.5 Å². The molecule has 0 atom stereocenters. The maximum Gasteiger partial charge on any atom is 0.272 e. The molecule has 6 rings (SSSR count). The van der Waals surface area contributed by atoms with Crippen LogP contribution >= 0.6 is 0 Å². The SMILES string of the molecule is COc1ccc(C=NNC(=O)CC23CC4CC(CC(C4)C2)C3)cc1COc1ccc([N+](=O)[O-])c(C)c1. The van der Waals surface area contributed by atoms with Crippen molar-refractivity contribution in [1.29, 1.82) is 0 Å². The van der Waals surface area contributed by atoms with E-state index >= 15 is 0 Å². The van der Waals surface area contributed by atoms with Crippen molar-refractivity contribution in [2.24, 2.45) is 28.3 Å². The number of nitro groups is 1. The van der Waals surface area contributed by atoms with Gasteiger partial charge in [0.15, 0.2) is 0 Å². The van der Waals surface area contributed by atoms with E-state index in [1.807, 2.05) is 18.2 Å². The third-order valence-corrected chi connectivity index (χ3v) is 8.17. The van der Waals surface area contributed by atoms with Crippen molar-refractivity contribution in [3.63, 3.8) is 0 Å². The van der Waals surface area contributed by atoms with Gasteiger partial charge in [-0.2, -0.15) is 5.10 Å². The van der Waals surface area contributed by atoms with E-state index < -0.39 is 4.92 Å². The summed E-state index contributed by atoms with van der Waals surface area (Å²) in [7, 11) is 1.59. The lowest BCUT2D eigenvalue weighted by Gasteiger charge is -2.56. The summed E-state index contributed by atoms with van der Waals surface area (Å²) < 4.78 is 11.3. The van der Waals surface area contributed by atoms with E-state index in [-0.39, 0.29) is 23.6 Å². The minimum Gasteiger partial charge on any atom is -0.496 e. The second-order valence-electron chi connectivity index (χ2n) is 11.0. The molecule has 4 bridgehead atoms. The van der Waals surface area contributed by atoms with Crippen molar-refractivity contribution < 1.29 is 19.2 Å². The average molecular weight is 492 g/mol. The first-order chi connectivity index (χ1) is 17.3. The fourth-order valence-corrected chi connectivity index (χ4v) is 7.14. The number of rotatable bonds is 9. The fraction of sp³-hybridized carbons (Fsp3) is 0.500. The molecule has 0 unspecified atom stereocenters. The van der Waals surface area contributed by atoms with Crippen molar-refractivity contribution >= 4 is 17.8 Å². The number of hydrogen-bond donors (Lipinski definition) is 1. The molecule has 0 radical (unpaired) electrons. The van der Waals surface area contributed by atoms with E-state index in [9.17, 15) is 14.9 Å². The summed E-state index contributed by atoms with van der Waals surface area (Å²) in [4.78, 5) is 23.4. The van der Waals surface area contributed by atoms with Crippen LogP contribution in [0, 0.1) is 40.2 Å². The molecule has 0 saturated heterocycles. The normalized spacial score (nSPS) is 26.2. The molecule has 190 valence electrons. The van der Waals surface area contributed by atoms with Crippen LogP contribution in [0.1, 0.15) is 61.6 Å². The van der Waals surface area contributed by atoms with Crippen LogP contribution < -0.4 is 14.9 Å². The Morgan fingerprint density at radius 3 is 2.44 bits per heavy atom. The van der Waals surface area contributed by atoms with Crippen LogP contribution in [0.5, 0.6) is 11.5 Å². The predicted molar refractivity (Wildman–Crippen MR) is 136 cm³/mol. The van der Waals surface area contributed by atoms with Crippen LogP contribution in [-0.2, 0) is 11.4 Å². The highest BCUT2D eigenvalue weighted by Crippen LogP contribution is 2.61. The molecule has 1 N–H and O–H groups in total. The van der Waals surface area contributed by atoms with Gasteiger partial charge in [-0.25, -0.2) is 5.43 Å². The van der Waals surface area contributed by atoms with Crippen molar-refractivity contribution in [2.45, 2.75) is 58.5 Å². The van der Waals surface area contributed by atoms with Crippen molar-refractivity contribution in [3.05, 3.63) is 63.2 Å². The molecule has 2 aromatic rings. The highest BCUT2D eigenvalue weighted by Gasteiger charge is 2.51. The highest BCUT2D eigenvalue weighted by atomic mass is 16.6. The summed E-state index contributed by atoms with van der Waals surface area (Å²) in [5.74, 6) is 3.67. The molecule has 0 spiro atoms. The van der Waals surface area contributed by atoms with Crippen LogP contribution in [0.4, 0.5) is 5.69 Å². The number of nitrogens with zero attached hydrogens (tertiary/aromatic N) is 2. The number of nitrogens with one attached hydrogen (secondary N) is 1.